The van der Waals surface area contributed by atoms with E-state index in [0.717, 1.165) is 0 Å². The second-order valence-electron chi connectivity index (χ2n) is 9.34. The smallest absolute Gasteiger partial charge is 0.396 e. The molecular formula is C19H34O16S3. The normalized spacial score (nSPS) is 37.1. The zero-order valence-electron chi connectivity index (χ0n) is 20.8. The second kappa shape index (κ2) is 13.2. The Balaban J connectivity index is 2.27. The van der Waals surface area contributed by atoms with Gasteiger partial charge in [0.15, 0.2) is 0 Å². The van der Waals surface area contributed by atoms with Gasteiger partial charge in [0.25, 0.3) is 10.1 Å². The highest BCUT2D eigenvalue weighted by Crippen LogP contribution is 2.37. The molecule has 0 aromatic carbocycles. The van der Waals surface area contributed by atoms with Gasteiger partial charge in [0.1, 0.15) is 29.8 Å². The molecule has 0 amide bonds. The standard InChI is InChI=1S/C19H34O16S3/c1-4-14-19(36(22,23)24)11(3)13(16(33-14)9-32-37(25,26)27)7-31-8-17-18(35-38(28,29)30)10(2)12(5-20)15(6-21)34-17/h6,10-20H,4-5,7-9H2,1-3H3,(H,22,23,24)(H,25,26,27)(H,28,29,30)/t10-,11-,12+,13+,14?,15?,16?,17+,18?,19?/m1/s1. The van der Waals surface area contributed by atoms with E-state index in [2.05, 4.69) is 4.18 Å². The molecule has 2 heterocycles. The molecule has 38 heavy (non-hydrogen) atoms. The predicted octanol–water partition coefficient (Wildman–Crippen LogP) is -1.09. The summed E-state index contributed by atoms with van der Waals surface area (Å²) in [6.07, 6.45) is -5.41. The van der Waals surface area contributed by atoms with Crippen molar-refractivity contribution >= 4 is 37.2 Å². The van der Waals surface area contributed by atoms with Gasteiger partial charge in [0.2, 0.25) is 0 Å². The molecule has 4 N–H and O–H groups in total. The number of hydrogen-bond donors (Lipinski definition) is 4. The third-order valence-electron chi connectivity index (χ3n) is 7.00. The van der Waals surface area contributed by atoms with Crippen LogP contribution in [-0.2, 0) is 58.3 Å². The minimum absolute atomic E-state index is 0.131. The molecule has 0 spiro atoms. The van der Waals surface area contributed by atoms with E-state index in [9.17, 15) is 44.3 Å². The lowest BCUT2D eigenvalue weighted by Crippen LogP contribution is -2.56. The van der Waals surface area contributed by atoms with Gasteiger partial charge in [-0.1, -0.05) is 20.8 Å². The molecule has 2 saturated heterocycles. The average molecular weight is 615 g/mol. The molecule has 0 aliphatic carbocycles. The number of aliphatic hydroxyl groups is 1. The number of ether oxygens (including phenoxy) is 3. The van der Waals surface area contributed by atoms with Crippen molar-refractivity contribution in [2.24, 2.45) is 23.7 Å². The molecule has 2 rings (SSSR count). The van der Waals surface area contributed by atoms with Gasteiger partial charge in [0.05, 0.1) is 32.0 Å². The maximum Gasteiger partial charge on any atom is 0.397 e. The topological polar surface area (TPSA) is 247 Å². The summed E-state index contributed by atoms with van der Waals surface area (Å²) >= 11 is 0. The van der Waals surface area contributed by atoms with E-state index in [-0.39, 0.29) is 13.0 Å². The summed E-state index contributed by atoms with van der Waals surface area (Å²) in [6.45, 7) is 2.47. The van der Waals surface area contributed by atoms with Crippen molar-refractivity contribution in [2.45, 2.75) is 63.0 Å². The molecule has 2 aliphatic rings. The molecule has 16 nitrogen and oxygen atoms in total. The maximum absolute atomic E-state index is 12.1. The van der Waals surface area contributed by atoms with Crippen LogP contribution in [0.4, 0.5) is 0 Å². The zero-order valence-corrected chi connectivity index (χ0v) is 23.2. The van der Waals surface area contributed by atoms with Crippen LogP contribution in [0.25, 0.3) is 0 Å². The maximum atomic E-state index is 12.1. The van der Waals surface area contributed by atoms with E-state index >= 15 is 0 Å². The van der Waals surface area contributed by atoms with E-state index < -0.39 is 110 Å². The Bertz CT molecular complexity index is 1110. The summed E-state index contributed by atoms with van der Waals surface area (Å²) in [7, 11) is -14.5. The molecule has 0 bridgehead atoms. The summed E-state index contributed by atoms with van der Waals surface area (Å²) in [5.41, 5.74) is 0. The van der Waals surface area contributed by atoms with Crippen molar-refractivity contribution in [1.29, 1.82) is 0 Å². The van der Waals surface area contributed by atoms with E-state index in [1.165, 1.54) is 13.8 Å². The first-order valence-corrected chi connectivity index (χ1v) is 15.8. The Morgan fingerprint density at radius 3 is 1.92 bits per heavy atom. The van der Waals surface area contributed by atoms with Gasteiger partial charge in [-0.05, 0) is 18.3 Å². The van der Waals surface area contributed by atoms with Gasteiger partial charge >= 0.3 is 20.8 Å². The van der Waals surface area contributed by atoms with Crippen molar-refractivity contribution in [3.8, 4) is 0 Å². The molecule has 224 valence electrons. The predicted molar refractivity (Wildman–Crippen MR) is 126 cm³/mol. The lowest BCUT2D eigenvalue weighted by molar-refractivity contribution is -0.191. The minimum atomic E-state index is -4.98. The Kier molecular flexibility index (Phi) is 11.6. The summed E-state index contributed by atoms with van der Waals surface area (Å²) in [4.78, 5) is 11.5. The van der Waals surface area contributed by atoms with Crippen molar-refractivity contribution in [1.82, 2.24) is 0 Å². The molecule has 0 saturated carbocycles. The number of hydrogen-bond acceptors (Lipinski definition) is 13. The molecule has 10 atom stereocenters. The molecule has 0 aromatic rings. The van der Waals surface area contributed by atoms with Crippen molar-refractivity contribution in [3.05, 3.63) is 0 Å². The van der Waals surface area contributed by atoms with E-state index in [1.807, 2.05) is 0 Å². The summed E-state index contributed by atoms with van der Waals surface area (Å²) < 4.78 is 123. The zero-order chi connectivity index (χ0) is 29.1. The summed E-state index contributed by atoms with van der Waals surface area (Å²) in [6, 6.07) is 0. The van der Waals surface area contributed by atoms with Gasteiger partial charge in [-0.15, -0.1) is 0 Å². The van der Waals surface area contributed by atoms with Gasteiger partial charge in [-0.25, -0.2) is 8.37 Å². The highest BCUT2D eigenvalue weighted by molar-refractivity contribution is 7.86. The van der Waals surface area contributed by atoms with Crippen molar-refractivity contribution < 1.29 is 71.4 Å². The number of carbonyl (C=O) groups excluding carboxylic acids is 1. The lowest BCUT2D eigenvalue weighted by atomic mass is 9.81. The van der Waals surface area contributed by atoms with Gasteiger partial charge < -0.3 is 24.1 Å². The summed E-state index contributed by atoms with van der Waals surface area (Å²) in [5, 5.41) is 8.21. The van der Waals surface area contributed by atoms with Crippen LogP contribution < -0.4 is 0 Å². The van der Waals surface area contributed by atoms with Crippen LogP contribution in [0, 0.1) is 23.7 Å². The van der Waals surface area contributed by atoms with Crippen LogP contribution in [0.1, 0.15) is 27.2 Å². The fraction of sp³-hybridized carbons (Fsp3) is 0.947. The van der Waals surface area contributed by atoms with Crippen LogP contribution in [0.2, 0.25) is 0 Å². The SMILES string of the molecule is CCC1OC(COS(=O)(=O)O)[C@@H](COC[C@@H]2OC(C=O)[C@@H](CO)[C@@H](C)C2OS(=O)(=O)O)[C@@H](C)C1S(=O)(=O)O. The Morgan fingerprint density at radius 1 is 0.816 bits per heavy atom. The summed E-state index contributed by atoms with van der Waals surface area (Å²) in [5.74, 6) is -3.47. The van der Waals surface area contributed by atoms with E-state index in [0.29, 0.717) is 6.29 Å². The number of rotatable bonds is 13. The molecular weight excluding hydrogens is 580 g/mol. The van der Waals surface area contributed by atoms with Crippen molar-refractivity contribution in [3.63, 3.8) is 0 Å². The molecule has 19 heteroatoms. The Hall–Kier alpha value is -0.840. The highest BCUT2D eigenvalue weighted by Gasteiger charge is 2.50. The van der Waals surface area contributed by atoms with Crippen molar-refractivity contribution in [2.75, 3.05) is 26.4 Å². The van der Waals surface area contributed by atoms with E-state index in [1.54, 1.807) is 6.92 Å². The molecule has 2 fully saturated rings. The second-order valence-corrected chi connectivity index (χ2v) is 13.1. The van der Waals surface area contributed by atoms with Gasteiger partial charge in [-0.3, -0.25) is 13.7 Å². The first-order chi connectivity index (χ1) is 17.4. The molecule has 0 aromatic heterocycles. The molecule has 5 unspecified atom stereocenters. The van der Waals surface area contributed by atoms with Crippen LogP contribution in [-0.4, -0.2) is 113 Å². The number of aliphatic hydroxyl groups excluding tert-OH is 1. The van der Waals surface area contributed by atoms with Crippen LogP contribution in [0.15, 0.2) is 0 Å². The van der Waals surface area contributed by atoms with E-state index in [4.69, 9.17) is 22.9 Å². The molecule has 2 aliphatic heterocycles. The van der Waals surface area contributed by atoms with Crippen LogP contribution >= 0.6 is 0 Å². The Labute approximate surface area is 221 Å². The lowest BCUT2D eigenvalue weighted by Gasteiger charge is -2.45. The largest absolute Gasteiger partial charge is 0.397 e. The van der Waals surface area contributed by atoms with Crippen LogP contribution in [0.5, 0.6) is 0 Å². The Morgan fingerprint density at radius 2 is 1.45 bits per heavy atom. The van der Waals surface area contributed by atoms with Crippen LogP contribution in [0.3, 0.4) is 0 Å². The van der Waals surface area contributed by atoms with Gasteiger partial charge in [0, 0.05) is 18.4 Å². The fourth-order valence-corrected chi connectivity index (χ4v) is 7.37. The molecule has 0 radical (unpaired) electrons. The first kappa shape index (κ1) is 33.4. The average Bonchev–Trinajstić information content (AvgIpc) is 2.78. The van der Waals surface area contributed by atoms with Gasteiger partial charge in [-0.2, -0.15) is 25.3 Å². The fourth-order valence-electron chi connectivity index (χ4n) is 5.10. The highest BCUT2D eigenvalue weighted by atomic mass is 32.3. The first-order valence-electron chi connectivity index (χ1n) is 11.6. The minimum Gasteiger partial charge on any atom is -0.396 e. The third-order valence-corrected chi connectivity index (χ3v) is 9.32. The quantitative estimate of drug-likeness (QED) is 0.142. The number of aldehydes is 1. The third kappa shape index (κ3) is 8.83. The number of carbonyl (C=O) groups is 1. The monoisotopic (exact) mass is 614 g/mol.